The minimum atomic E-state index is 0.194. The van der Waals surface area contributed by atoms with E-state index < -0.39 is 0 Å². The summed E-state index contributed by atoms with van der Waals surface area (Å²) in [6, 6.07) is 6.94. The molecule has 1 aliphatic rings. The smallest absolute Gasteiger partial charge is 0.122 e. The van der Waals surface area contributed by atoms with Crippen LogP contribution in [0.2, 0.25) is 0 Å². The Bertz CT molecular complexity index is 447. The summed E-state index contributed by atoms with van der Waals surface area (Å²) in [5.41, 5.74) is 8.89. The maximum atomic E-state index is 6.10. The number of rotatable bonds is 4. The molecular weight excluding hydrogens is 246 g/mol. The van der Waals surface area contributed by atoms with Gasteiger partial charge >= 0.3 is 0 Å². The quantitative estimate of drug-likeness (QED) is 0.894. The van der Waals surface area contributed by atoms with Gasteiger partial charge in [-0.1, -0.05) is 39.3 Å². The van der Waals surface area contributed by atoms with E-state index in [1.165, 1.54) is 30.4 Å². The summed E-state index contributed by atoms with van der Waals surface area (Å²) in [7, 11) is 0. The standard InChI is InChI=1S/C18H29NO/c1-13-12-15(18(2,3)4)8-9-17(13)20-11-10-14-6-5-7-16(14)19/h8-9,12,14,16H,5-7,10-11,19H2,1-4H3. The zero-order valence-corrected chi connectivity index (χ0v) is 13.4. The highest BCUT2D eigenvalue weighted by Crippen LogP contribution is 2.29. The second-order valence-electron chi connectivity index (χ2n) is 7.22. The number of aryl methyl sites for hydroxylation is 1. The lowest BCUT2D eigenvalue weighted by atomic mass is 9.86. The molecule has 20 heavy (non-hydrogen) atoms. The van der Waals surface area contributed by atoms with Crippen molar-refractivity contribution in [1.29, 1.82) is 0 Å². The molecule has 2 nitrogen and oxygen atoms in total. The summed E-state index contributed by atoms with van der Waals surface area (Å²) in [6.45, 7) is 9.64. The molecular formula is C18H29NO. The van der Waals surface area contributed by atoms with Crippen molar-refractivity contribution >= 4 is 0 Å². The Morgan fingerprint density at radius 2 is 2.00 bits per heavy atom. The van der Waals surface area contributed by atoms with Crippen LogP contribution >= 0.6 is 0 Å². The molecule has 0 aliphatic heterocycles. The van der Waals surface area contributed by atoms with E-state index in [0.717, 1.165) is 18.8 Å². The molecule has 0 aromatic heterocycles. The van der Waals surface area contributed by atoms with Crippen molar-refractivity contribution in [1.82, 2.24) is 0 Å². The summed E-state index contributed by atoms with van der Waals surface area (Å²) in [6.07, 6.45) is 4.82. The average Bonchev–Trinajstić information content (AvgIpc) is 2.76. The van der Waals surface area contributed by atoms with Crippen LogP contribution in [-0.2, 0) is 5.41 Å². The molecule has 1 aliphatic carbocycles. The molecule has 2 rings (SSSR count). The Labute approximate surface area is 123 Å². The van der Waals surface area contributed by atoms with Gasteiger partial charge in [-0.3, -0.25) is 0 Å². The molecule has 0 radical (unpaired) electrons. The van der Waals surface area contributed by atoms with Crippen molar-refractivity contribution in [3.8, 4) is 5.75 Å². The highest BCUT2D eigenvalue weighted by molar-refractivity contribution is 5.38. The topological polar surface area (TPSA) is 35.2 Å². The summed E-state index contributed by atoms with van der Waals surface area (Å²) < 4.78 is 5.96. The fourth-order valence-electron chi connectivity index (χ4n) is 3.02. The second kappa shape index (κ2) is 6.17. The Balaban J connectivity index is 1.90. The number of hydrogen-bond donors (Lipinski definition) is 1. The van der Waals surface area contributed by atoms with Crippen molar-refractivity contribution in [2.24, 2.45) is 11.7 Å². The molecule has 2 atom stereocenters. The summed E-state index contributed by atoms with van der Waals surface area (Å²) >= 11 is 0. The van der Waals surface area contributed by atoms with Crippen LogP contribution in [0.4, 0.5) is 0 Å². The number of benzene rings is 1. The van der Waals surface area contributed by atoms with Crippen molar-refractivity contribution in [2.45, 2.75) is 64.8 Å². The van der Waals surface area contributed by atoms with E-state index >= 15 is 0 Å². The number of hydrogen-bond acceptors (Lipinski definition) is 2. The minimum Gasteiger partial charge on any atom is -0.493 e. The third kappa shape index (κ3) is 3.76. The predicted molar refractivity (Wildman–Crippen MR) is 85.3 cm³/mol. The summed E-state index contributed by atoms with van der Waals surface area (Å²) in [4.78, 5) is 0. The SMILES string of the molecule is Cc1cc(C(C)(C)C)ccc1OCCC1CCCC1N. The van der Waals surface area contributed by atoms with Gasteiger partial charge in [0.05, 0.1) is 6.61 Å². The van der Waals surface area contributed by atoms with Crippen molar-refractivity contribution < 1.29 is 4.74 Å². The molecule has 112 valence electrons. The first kappa shape index (κ1) is 15.4. The molecule has 0 spiro atoms. The van der Waals surface area contributed by atoms with Gasteiger partial charge in [0.25, 0.3) is 0 Å². The van der Waals surface area contributed by atoms with E-state index in [4.69, 9.17) is 10.5 Å². The molecule has 2 N–H and O–H groups in total. The maximum absolute atomic E-state index is 6.10. The van der Waals surface area contributed by atoms with Crippen LogP contribution in [-0.4, -0.2) is 12.6 Å². The van der Waals surface area contributed by atoms with E-state index in [1.54, 1.807) is 0 Å². The summed E-state index contributed by atoms with van der Waals surface area (Å²) in [5.74, 6) is 1.67. The van der Waals surface area contributed by atoms with Gasteiger partial charge in [0.15, 0.2) is 0 Å². The van der Waals surface area contributed by atoms with E-state index in [1.807, 2.05) is 0 Å². The highest BCUT2D eigenvalue weighted by atomic mass is 16.5. The Kier molecular flexibility index (Phi) is 4.74. The van der Waals surface area contributed by atoms with Gasteiger partial charge in [0.2, 0.25) is 0 Å². The van der Waals surface area contributed by atoms with Gasteiger partial charge in [-0.15, -0.1) is 0 Å². The van der Waals surface area contributed by atoms with Crippen LogP contribution in [0, 0.1) is 12.8 Å². The predicted octanol–water partition coefficient (Wildman–Crippen LogP) is 4.19. The molecule has 1 fully saturated rings. The molecule has 1 aromatic carbocycles. The van der Waals surface area contributed by atoms with Crippen molar-refractivity contribution in [2.75, 3.05) is 6.61 Å². The first-order valence-electron chi connectivity index (χ1n) is 7.87. The van der Waals surface area contributed by atoms with Gasteiger partial charge in [-0.05, 0) is 54.7 Å². The van der Waals surface area contributed by atoms with E-state index in [0.29, 0.717) is 12.0 Å². The Morgan fingerprint density at radius 1 is 1.25 bits per heavy atom. The van der Waals surface area contributed by atoms with E-state index in [9.17, 15) is 0 Å². The third-order valence-corrected chi connectivity index (χ3v) is 4.51. The molecule has 2 heteroatoms. The van der Waals surface area contributed by atoms with Crippen LogP contribution in [0.5, 0.6) is 5.75 Å². The molecule has 0 amide bonds. The van der Waals surface area contributed by atoms with Crippen LogP contribution in [0.15, 0.2) is 18.2 Å². The van der Waals surface area contributed by atoms with Crippen LogP contribution in [0.3, 0.4) is 0 Å². The maximum Gasteiger partial charge on any atom is 0.122 e. The lowest BCUT2D eigenvalue weighted by Crippen LogP contribution is -2.25. The largest absolute Gasteiger partial charge is 0.493 e. The Morgan fingerprint density at radius 3 is 2.55 bits per heavy atom. The Hall–Kier alpha value is -1.02. The lowest BCUT2D eigenvalue weighted by molar-refractivity contribution is 0.269. The zero-order valence-electron chi connectivity index (χ0n) is 13.4. The summed E-state index contributed by atoms with van der Waals surface area (Å²) in [5, 5.41) is 0. The van der Waals surface area contributed by atoms with Gasteiger partial charge in [-0.2, -0.15) is 0 Å². The van der Waals surface area contributed by atoms with E-state index in [2.05, 4.69) is 45.9 Å². The fourth-order valence-corrected chi connectivity index (χ4v) is 3.02. The normalized spacial score (nSPS) is 23.1. The van der Waals surface area contributed by atoms with Gasteiger partial charge in [0.1, 0.15) is 5.75 Å². The number of ether oxygens (including phenoxy) is 1. The third-order valence-electron chi connectivity index (χ3n) is 4.51. The first-order chi connectivity index (χ1) is 9.38. The second-order valence-corrected chi connectivity index (χ2v) is 7.22. The van der Waals surface area contributed by atoms with Gasteiger partial charge in [0, 0.05) is 6.04 Å². The molecule has 1 saturated carbocycles. The molecule has 2 unspecified atom stereocenters. The number of nitrogens with two attached hydrogens (primary N) is 1. The molecule has 0 heterocycles. The molecule has 0 saturated heterocycles. The molecule has 0 bridgehead atoms. The first-order valence-corrected chi connectivity index (χ1v) is 7.87. The average molecular weight is 275 g/mol. The minimum absolute atomic E-state index is 0.194. The van der Waals surface area contributed by atoms with Crippen molar-refractivity contribution in [3.05, 3.63) is 29.3 Å². The van der Waals surface area contributed by atoms with Crippen LogP contribution in [0.1, 0.15) is 57.6 Å². The van der Waals surface area contributed by atoms with Gasteiger partial charge < -0.3 is 10.5 Å². The van der Waals surface area contributed by atoms with E-state index in [-0.39, 0.29) is 5.41 Å². The monoisotopic (exact) mass is 275 g/mol. The van der Waals surface area contributed by atoms with Gasteiger partial charge in [-0.25, -0.2) is 0 Å². The van der Waals surface area contributed by atoms with Crippen LogP contribution in [0.25, 0.3) is 0 Å². The van der Waals surface area contributed by atoms with Crippen molar-refractivity contribution in [3.63, 3.8) is 0 Å². The van der Waals surface area contributed by atoms with Crippen LogP contribution < -0.4 is 10.5 Å². The highest BCUT2D eigenvalue weighted by Gasteiger charge is 2.23. The molecule has 1 aromatic rings. The fraction of sp³-hybridized carbons (Fsp3) is 0.667. The zero-order chi connectivity index (χ0) is 14.8. The lowest BCUT2D eigenvalue weighted by Gasteiger charge is -2.21.